The van der Waals surface area contributed by atoms with Crippen LogP contribution in [-0.2, 0) is 11.3 Å². The average molecular weight is 309 g/mol. The molecule has 0 atom stereocenters. The van der Waals surface area contributed by atoms with Crippen LogP contribution < -0.4 is 4.74 Å². The number of hydrogen-bond donors (Lipinski definition) is 0. The summed E-state index contributed by atoms with van der Waals surface area (Å²) in [5.74, 6) is 0.642. The van der Waals surface area contributed by atoms with Crippen molar-refractivity contribution in [2.24, 2.45) is 0 Å². The van der Waals surface area contributed by atoms with Crippen molar-refractivity contribution in [2.75, 3.05) is 7.11 Å². The van der Waals surface area contributed by atoms with Crippen molar-refractivity contribution >= 4 is 5.97 Å². The van der Waals surface area contributed by atoms with Gasteiger partial charge in [-0.3, -0.25) is 0 Å². The zero-order valence-electron chi connectivity index (χ0n) is 12.6. The first-order valence-corrected chi connectivity index (χ1v) is 7.09. The second-order valence-corrected chi connectivity index (χ2v) is 4.82. The molecule has 3 rings (SSSR count). The molecule has 0 N–H and O–H groups in total. The monoisotopic (exact) mass is 309 g/mol. The van der Waals surface area contributed by atoms with E-state index in [9.17, 15) is 4.79 Å². The Labute approximate surface area is 133 Å². The number of methoxy groups -OCH3 is 1. The van der Waals surface area contributed by atoms with Gasteiger partial charge in [-0.25, -0.2) is 4.79 Å². The Hall–Kier alpha value is -3.08. The van der Waals surface area contributed by atoms with Gasteiger partial charge in [0.15, 0.2) is 5.76 Å². The summed E-state index contributed by atoms with van der Waals surface area (Å²) in [6, 6.07) is 18.3. The van der Waals surface area contributed by atoms with Gasteiger partial charge in [0, 0.05) is 11.6 Å². The number of benzene rings is 2. The van der Waals surface area contributed by atoms with Gasteiger partial charge in [0.1, 0.15) is 23.6 Å². The van der Waals surface area contributed by atoms with Crippen molar-refractivity contribution in [3.05, 3.63) is 71.9 Å². The van der Waals surface area contributed by atoms with Crippen LogP contribution in [0.2, 0.25) is 0 Å². The third kappa shape index (κ3) is 3.40. The lowest BCUT2D eigenvalue weighted by molar-refractivity contribution is 0.0460. The second-order valence-electron chi connectivity index (χ2n) is 4.82. The van der Waals surface area contributed by atoms with E-state index in [0.717, 1.165) is 5.56 Å². The van der Waals surface area contributed by atoms with Crippen LogP contribution in [0.3, 0.4) is 0 Å². The van der Waals surface area contributed by atoms with E-state index in [-0.39, 0.29) is 6.61 Å². The van der Waals surface area contributed by atoms with Gasteiger partial charge in [-0.05, 0) is 12.1 Å². The number of hydrogen-bond acceptors (Lipinski definition) is 5. The highest BCUT2D eigenvalue weighted by molar-refractivity contribution is 5.92. The van der Waals surface area contributed by atoms with E-state index in [0.29, 0.717) is 22.8 Å². The number of ether oxygens (including phenoxy) is 2. The maximum atomic E-state index is 12.1. The molecule has 116 valence electrons. The van der Waals surface area contributed by atoms with Gasteiger partial charge in [-0.1, -0.05) is 47.6 Å². The first-order chi connectivity index (χ1) is 11.3. The van der Waals surface area contributed by atoms with Gasteiger partial charge in [-0.2, -0.15) is 0 Å². The summed E-state index contributed by atoms with van der Waals surface area (Å²) in [7, 11) is 1.51. The molecular formula is C18H15NO4. The van der Waals surface area contributed by atoms with E-state index in [4.69, 9.17) is 14.0 Å². The van der Waals surface area contributed by atoms with Crippen LogP contribution in [0.5, 0.6) is 5.75 Å². The fourth-order valence-corrected chi connectivity index (χ4v) is 2.15. The fraction of sp³-hybridized carbons (Fsp3) is 0.111. The zero-order valence-corrected chi connectivity index (χ0v) is 12.6. The largest absolute Gasteiger partial charge is 0.496 e. The van der Waals surface area contributed by atoms with Crippen molar-refractivity contribution in [1.82, 2.24) is 5.16 Å². The molecule has 0 saturated heterocycles. The third-order valence-electron chi connectivity index (χ3n) is 3.30. The molecule has 0 bridgehead atoms. The molecule has 0 aliphatic rings. The minimum absolute atomic E-state index is 0.0349. The number of nitrogens with zero attached hydrogens (tertiary/aromatic N) is 1. The molecule has 0 fully saturated rings. The zero-order chi connectivity index (χ0) is 16.1. The second kappa shape index (κ2) is 6.79. The Morgan fingerprint density at radius 1 is 1.09 bits per heavy atom. The maximum absolute atomic E-state index is 12.1. The van der Waals surface area contributed by atoms with Crippen LogP contribution >= 0.6 is 0 Å². The normalized spacial score (nSPS) is 10.3. The number of aromatic nitrogens is 1. The average Bonchev–Trinajstić information content (AvgIpc) is 3.09. The standard InChI is InChI=1S/C18H15NO4/c1-21-16-10-6-5-9-15(16)18(20)22-12-14-11-17(23-19-14)13-7-3-2-4-8-13/h2-11H,12H2,1H3. The molecule has 0 unspecified atom stereocenters. The third-order valence-corrected chi connectivity index (χ3v) is 3.30. The first kappa shape index (κ1) is 14.8. The SMILES string of the molecule is COc1ccccc1C(=O)OCc1cc(-c2ccccc2)on1. The lowest BCUT2D eigenvalue weighted by Gasteiger charge is -2.07. The lowest BCUT2D eigenvalue weighted by atomic mass is 10.2. The van der Waals surface area contributed by atoms with Gasteiger partial charge < -0.3 is 14.0 Å². The lowest BCUT2D eigenvalue weighted by Crippen LogP contribution is -2.07. The molecule has 1 heterocycles. The van der Waals surface area contributed by atoms with Crippen molar-refractivity contribution in [3.63, 3.8) is 0 Å². The van der Waals surface area contributed by atoms with Crippen LogP contribution in [0, 0.1) is 0 Å². The topological polar surface area (TPSA) is 61.6 Å². The molecule has 3 aromatic rings. The van der Waals surface area contributed by atoms with E-state index in [1.807, 2.05) is 30.3 Å². The van der Waals surface area contributed by atoms with Crippen LogP contribution in [0.1, 0.15) is 16.1 Å². The molecule has 5 heteroatoms. The van der Waals surface area contributed by atoms with E-state index >= 15 is 0 Å². The van der Waals surface area contributed by atoms with Gasteiger partial charge in [0.25, 0.3) is 0 Å². The number of rotatable bonds is 5. The molecule has 23 heavy (non-hydrogen) atoms. The molecule has 0 aliphatic carbocycles. The van der Waals surface area contributed by atoms with Crippen LogP contribution in [0.4, 0.5) is 0 Å². The molecule has 0 aliphatic heterocycles. The molecule has 0 spiro atoms. The summed E-state index contributed by atoms with van der Waals surface area (Å²) in [5, 5.41) is 3.92. The minimum atomic E-state index is -0.466. The number of carbonyl (C=O) groups is 1. The Kier molecular flexibility index (Phi) is 4.38. The van der Waals surface area contributed by atoms with Crippen LogP contribution in [0.15, 0.2) is 65.2 Å². The number of esters is 1. The van der Waals surface area contributed by atoms with Gasteiger partial charge in [-0.15, -0.1) is 0 Å². The Morgan fingerprint density at radius 2 is 1.83 bits per heavy atom. The van der Waals surface area contributed by atoms with Crippen LogP contribution in [-0.4, -0.2) is 18.2 Å². The molecule has 0 radical (unpaired) electrons. The Bertz CT molecular complexity index is 796. The number of para-hydroxylation sites is 1. The maximum Gasteiger partial charge on any atom is 0.342 e. The molecule has 1 aromatic heterocycles. The molecule has 2 aromatic carbocycles. The highest BCUT2D eigenvalue weighted by Crippen LogP contribution is 2.21. The van der Waals surface area contributed by atoms with E-state index in [1.165, 1.54) is 7.11 Å². The highest BCUT2D eigenvalue weighted by atomic mass is 16.5. The van der Waals surface area contributed by atoms with E-state index in [1.54, 1.807) is 30.3 Å². The van der Waals surface area contributed by atoms with Crippen LogP contribution in [0.25, 0.3) is 11.3 Å². The first-order valence-electron chi connectivity index (χ1n) is 7.09. The Morgan fingerprint density at radius 3 is 2.61 bits per heavy atom. The minimum Gasteiger partial charge on any atom is -0.496 e. The highest BCUT2D eigenvalue weighted by Gasteiger charge is 2.14. The van der Waals surface area contributed by atoms with Gasteiger partial charge in [0.05, 0.1) is 7.11 Å². The Balaban J connectivity index is 1.67. The predicted octanol–water partition coefficient (Wildman–Crippen LogP) is 3.71. The predicted molar refractivity (Wildman–Crippen MR) is 84.1 cm³/mol. The van der Waals surface area contributed by atoms with Crippen molar-refractivity contribution in [2.45, 2.75) is 6.61 Å². The molecular weight excluding hydrogens is 294 g/mol. The van der Waals surface area contributed by atoms with Crippen molar-refractivity contribution < 1.29 is 18.8 Å². The van der Waals surface area contributed by atoms with E-state index in [2.05, 4.69) is 5.16 Å². The molecule has 0 amide bonds. The summed E-state index contributed by atoms with van der Waals surface area (Å²) in [6.07, 6.45) is 0. The molecule has 0 saturated carbocycles. The summed E-state index contributed by atoms with van der Waals surface area (Å²) < 4.78 is 15.7. The van der Waals surface area contributed by atoms with Crippen molar-refractivity contribution in [3.8, 4) is 17.1 Å². The summed E-state index contributed by atoms with van der Waals surface area (Å²) in [6.45, 7) is 0.0349. The summed E-state index contributed by atoms with van der Waals surface area (Å²) >= 11 is 0. The fourth-order valence-electron chi connectivity index (χ4n) is 2.15. The van der Waals surface area contributed by atoms with Gasteiger partial charge >= 0.3 is 5.97 Å². The van der Waals surface area contributed by atoms with Crippen molar-refractivity contribution in [1.29, 1.82) is 0 Å². The summed E-state index contributed by atoms with van der Waals surface area (Å²) in [5.41, 5.74) is 1.84. The summed E-state index contributed by atoms with van der Waals surface area (Å²) in [4.78, 5) is 12.1. The number of carbonyl (C=O) groups excluding carboxylic acids is 1. The smallest absolute Gasteiger partial charge is 0.342 e. The van der Waals surface area contributed by atoms with E-state index < -0.39 is 5.97 Å². The van der Waals surface area contributed by atoms with Gasteiger partial charge in [0.2, 0.25) is 0 Å². The quantitative estimate of drug-likeness (QED) is 0.672. The molecule has 5 nitrogen and oxygen atoms in total.